The Morgan fingerprint density at radius 2 is 1.78 bits per heavy atom. The Kier molecular flexibility index (Phi) is 13.7. The molecule has 7 rings (SSSR count). The van der Waals surface area contributed by atoms with Crippen LogP contribution in [0.5, 0.6) is 0 Å². The minimum atomic E-state index is -0.0389. The van der Waals surface area contributed by atoms with Crippen LogP contribution in [0, 0.1) is 0 Å². The number of rotatable bonds is 5. The summed E-state index contributed by atoms with van der Waals surface area (Å²) in [5.74, 6) is 0. The van der Waals surface area contributed by atoms with E-state index < -0.39 is 0 Å². The first-order valence-electron chi connectivity index (χ1n) is 17.2. The molecule has 1 unspecified atom stereocenters. The first kappa shape index (κ1) is 34.8. The van der Waals surface area contributed by atoms with Crippen molar-refractivity contribution in [2.24, 2.45) is 12.1 Å². The molecule has 1 aliphatic carbocycles. The number of aromatic nitrogens is 5. The third-order valence-corrected chi connectivity index (χ3v) is 8.22. The van der Waals surface area contributed by atoms with Crippen LogP contribution in [0.25, 0.3) is 28.2 Å². The number of nitrogens with one attached hydrogen (secondary N) is 2. The Bertz CT molecular complexity index is 1570. The number of likely N-dealkylation sites (tertiary alicyclic amines) is 1. The third-order valence-electron chi connectivity index (χ3n) is 8.22. The monoisotopic (exact) mass is 626 g/mol. The van der Waals surface area contributed by atoms with Crippen LogP contribution in [0.2, 0.25) is 0 Å². The molecule has 46 heavy (non-hydrogen) atoms. The molecule has 5 heterocycles. The van der Waals surface area contributed by atoms with Gasteiger partial charge in [-0.05, 0) is 74.7 Å². The van der Waals surface area contributed by atoms with E-state index >= 15 is 0 Å². The SMILES string of the molecule is CC.CCC.CCn1cc(-c2n[nH]c3ccc(C4CNN=CO4)cc23)cn1.Cn1c(CN2CCCCCC2)cc2c1C=CC=CC2. The van der Waals surface area contributed by atoms with Gasteiger partial charge in [0.2, 0.25) is 0 Å². The molecule has 9 heteroatoms. The quantitative estimate of drug-likeness (QED) is 0.234. The molecule has 3 aromatic heterocycles. The van der Waals surface area contributed by atoms with Crippen LogP contribution >= 0.6 is 0 Å². The van der Waals surface area contributed by atoms with Gasteiger partial charge in [-0.15, -0.1) is 5.10 Å². The fourth-order valence-electron chi connectivity index (χ4n) is 5.85. The number of hydrogen-bond acceptors (Lipinski definition) is 6. The summed E-state index contributed by atoms with van der Waals surface area (Å²) in [6.45, 7) is 15.5. The maximum absolute atomic E-state index is 5.56. The van der Waals surface area contributed by atoms with E-state index in [1.54, 1.807) is 0 Å². The molecular weight excluding hydrogens is 572 g/mol. The van der Waals surface area contributed by atoms with Crippen molar-refractivity contribution in [2.75, 3.05) is 19.6 Å². The van der Waals surface area contributed by atoms with E-state index in [0.717, 1.165) is 47.2 Å². The normalized spacial score (nSPS) is 17.1. The summed E-state index contributed by atoms with van der Waals surface area (Å²) in [7, 11) is 2.21. The van der Waals surface area contributed by atoms with E-state index in [2.05, 4.69) is 99.5 Å². The lowest BCUT2D eigenvalue weighted by Gasteiger charge is -2.20. The zero-order chi connectivity index (χ0) is 32.7. The fraction of sp³-hybridized carbons (Fsp3) is 0.486. The molecule has 0 bridgehead atoms. The molecule has 1 aromatic carbocycles. The molecule has 0 spiro atoms. The maximum atomic E-state index is 5.56. The van der Waals surface area contributed by atoms with Crippen LogP contribution in [-0.2, 0) is 31.3 Å². The van der Waals surface area contributed by atoms with Gasteiger partial charge in [0.25, 0.3) is 0 Å². The van der Waals surface area contributed by atoms with E-state index in [-0.39, 0.29) is 6.10 Å². The maximum Gasteiger partial charge on any atom is 0.193 e. The van der Waals surface area contributed by atoms with E-state index in [1.165, 1.54) is 68.5 Å². The molecular formula is C37H54N8O. The number of hydrogen-bond donors (Lipinski definition) is 2. The summed E-state index contributed by atoms with van der Waals surface area (Å²) in [4.78, 5) is 2.63. The van der Waals surface area contributed by atoms with Crippen molar-refractivity contribution in [1.29, 1.82) is 0 Å². The summed E-state index contributed by atoms with van der Waals surface area (Å²) in [6, 6.07) is 8.59. The lowest BCUT2D eigenvalue weighted by Crippen LogP contribution is -2.25. The molecule has 1 saturated heterocycles. The molecule has 3 aliphatic rings. The number of benzene rings is 1. The predicted octanol–water partition coefficient (Wildman–Crippen LogP) is 8.02. The Hall–Kier alpha value is -4.11. The molecule has 2 N–H and O–H groups in total. The van der Waals surface area contributed by atoms with Crippen molar-refractivity contribution in [2.45, 2.75) is 92.3 Å². The van der Waals surface area contributed by atoms with Crippen LogP contribution in [0.3, 0.4) is 0 Å². The van der Waals surface area contributed by atoms with Crippen LogP contribution in [0.1, 0.15) is 95.3 Å². The minimum absolute atomic E-state index is 0.0389. The van der Waals surface area contributed by atoms with Crippen molar-refractivity contribution < 1.29 is 4.74 Å². The lowest BCUT2D eigenvalue weighted by atomic mass is 10.0. The number of nitrogens with zero attached hydrogens (tertiary/aromatic N) is 6. The van der Waals surface area contributed by atoms with Crippen LogP contribution in [0.15, 0.2) is 60.0 Å². The second-order valence-electron chi connectivity index (χ2n) is 11.7. The van der Waals surface area contributed by atoms with Gasteiger partial charge in [-0.2, -0.15) is 10.2 Å². The van der Waals surface area contributed by atoms with Crippen LogP contribution < -0.4 is 5.43 Å². The molecule has 2 aliphatic heterocycles. The predicted molar refractivity (Wildman–Crippen MR) is 192 cm³/mol. The van der Waals surface area contributed by atoms with Gasteiger partial charge in [0, 0.05) is 48.7 Å². The minimum Gasteiger partial charge on any atom is -0.472 e. The molecule has 9 nitrogen and oxygen atoms in total. The number of allylic oxidation sites excluding steroid dienone is 3. The van der Waals surface area contributed by atoms with Gasteiger partial charge in [-0.25, -0.2) is 0 Å². The van der Waals surface area contributed by atoms with Crippen molar-refractivity contribution in [3.05, 3.63) is 77.4 Å². The molecule has 0 amide bonds. The summed E-state index contributed by atoms with van der Waals surface area (Å²) < 4.78 is 9.83. The van der Waals surface area contributed by atoms with Crippen molar-refractivity contribution in [3.63, 3.8) is 0 Å². The highest BCUT2D eigenvalue weighted by Crippen LogP contribution is 2.29. The number of fused-ring (bicyclic) bond motifs is 2. The average molecular weight is 627 g/mol. The first-order valence-corrected chi connectivity index (χ1v) is 17.2. The summed E-state index contributed by atoms with van der Waals surface area (Å²) in [6.07, 6.45) is 21.9. The van der Waals surface area contributed by atoms with Crippen molar-refractivity contribution in [3.8, 4) is 11.3 Å². The average Bonchev–Trinajstić information content (AvgIpc) is 3.68. The number of aryl methyl sites for hydroxylation is 1. The van der Waals surface area contributed by atoms with E-state index in [1.807, 2.05) is 43.1 Å². The number of hydrazone groups is 1. The second kappa shape index (κ2) is 18.1. The summed E-state index contributed by atoms with van der Waals surface area (Å²) in [5.41, 5.74) is 11.3. The largest absolute Gasteiger partial charge is 0.472 e. The Morgan fingerprint density at radius 1 is 1.00 bits per heavy atom. The highest BCUT2D eigenvalue weighted by molar-refractivity contribution is 5.93. The number of H-pyrrole nitrogens is 1. The Labute approximate surface area is 275 Å². The molecule has 248 valence electrons. The Morgan fingerprint density at radius 3 is 2.48 bits per heavy atom. The van der Waals surface area contributed by atoms with Crippen molar-refractivity contribution in [1.82, 2.24) is 34.9 Å². The number of ether oxygens (including phenoxy) is 1. The zero-order valence-corrected chi connectivity index (χ0v) is 28.8. The third kappa shape index (κ3) is 9.00. The molecule has 0 saturated carbocycles. The topological polar surface area (TPSA) is 88.3 Å². The van der Waals surface area contributed by atoms with Crippen molar-refractivity contribution >= 4 is 23.4 Å². The van der Waals surface area contributed by atoms with Crippen LogP contribution in [0.4, 0.5) is 0 Å². The van der Waals surface area contributed by atoms with Gasteiger partial charge in [0.1, 0.15) is 11.8 Å². The summed E-state index contributed by atoms with van der Waals surface area (Å²) in [5, 5.41) is 16.8. The van der Waals surface area contributed by atoms with Gasteiger partial charge in [-0.1, -0.05) is 71.3 Å². The fourth-order valence-corrected chi connectivity index (χ4v) is 5.85. The van der Waals surface area contributed by atoms with Gasteiger partial charge >= 0.3 is 0 Å². The Balaban J connectivity index is 0.000000185. The highest BCUT2D eigenvalue weighted by Gasteiger charge is 2.18. The van der Waals surface area contributed by atoms with Gasteiger partial charge < -0.3 is 14.7 Å². The standard InChI is InChI=1S/C17H24N2.C15H16N6O.C3H8.C2H6/c1-18-16(14-19-11-7-2-3-8-12-19)13-15-9-5-4-6-10-17(15)18;1-2-21-8-11(6-18-21)15-12-5-10(3-4-13(12)19-20-15)14-7-16-17-9-22-14;1-3-2;1-2/h4-6,10,13H,2-3,7-9,11-12,14H2,1H3;3-6,8-9,14,16H,2,7H2,1H3,(H,19,20);3H2,1-2H3;1-2H3. The van der Waals surface area contributed by atoms with E-state index in [4.69, 9.17) is 4.74 Å². The second-order valence-corrected chi connectivity index (χ2v) is 11.7. The molecule has 0 radical (unpaired) electrons. The van der Waals surface area contributed by atoms with E-state index in [9.17, 15) is 0 Å². The van der Waals surface area contributed by atoms with Gasteiger partial charge in [0.15, 0.2) is 6.40 Å². The first-order chi connectivity index (χ1) is 22.6. The molecule has 4 aromatic rings. The molecule has 1 fully saturated rings. The van der Waals surface area contributed by atoms with Gasteiger partial charge in [-0.3, -0.25) is 14.7 Å². The molecule has 1 atom stereocenters. The highest BCUT2D eigenvalue weighted by atomic mass is 16.5. The summed E-state index contributed by atoms with van der Waals surface area (Å²) >= 11 is 0. The van der Waals surface area contributed by atoms with Gasteiger partial charge in [0.05, 0.1) is 18.3 Å². The zero-order valence-electron chi connectivity index (χ0n) is 28.8. The smallest absolute Gasteiger partial charge is 0.193 e. The number of aromatic amines is 1. The van der Waals surface area contributed by atoms with Crippen LogP contribution in [-0.4, -0.2) is 55.5 Å². The van der Waals surface area contributed by atoms with E-state index in [0.29, 0.717) is 6.54 Å². The lowest BCUT2D eigenvalue weighted by molar-refractivity contribution is 0.181.